The highest BCUT2D eigenvalue weighted by molar-refractivity contribution is 7.11. The predicted octanol–water partition coefficient (Wildman–Crippen LogP) is 2.21. The molecule has 5 heteroatoms. The van der Waals surface area contributed by atoms with Gasteiger partial charge in [-0.3, -0.25) is 4.99 Å². The van der Waals surface area contributed by atoms with Crippen molar-refractivity contribution >= 4 is 17.3 Å². The maximum Gasteiger partial charge on any atom is 0.191 e. The van der Waals surface area contributed by atoms with Crippen molar-refractivity contribution in [1.29, 1.82) is 0 Å². The van der Waals surface area contributed by atoms with Gasteiger partial charge in [-0.15, -0.1) is 11.3 Å². The van der Waals surface area contributed by atoms with Crippen molar-refractivity contribution in [3.05, 3.63) is 16.1 Å². The van der Waals surface area contributed by atoms with Gasteiger partial charge in [-0.2, -0.15) is 0 Å². The van der Waals surface area contributed by atoms with Crippen LogP contribution in [-0.4, -0.2) is 30.6 Å². The fraction of sp³-hybridized carbons (Fsp3) is 0.692. The number of aliphatic imine (C=N–C) groups is 1. The van der Waals surface area contributed by atoms with Gasteiger partial charge in [0.05, 0.1) is 5.01 Å². The van der Waals surface area contributed by atoms with E-state index in [-0.39, 0.29) is 0 Å². The van der Waals surface area contributed by atoms with Crippen molar-refractivity contribution in [2.75, 3.05) is 19.6 Å². The number of aromatic nitrogens is 1. The summed E-state index contributed by atoms with van der Waals surface area (Å²) in [5, 5.41) is 7.77. The molecule has 102 valence electrons. The normalized spacial score (nSPS) is 11.9. The van der Waals surface area contributed by atoms with E-state index < -0.39 is 0 Å². The van der Waals surface area contributed by atoms with Crippen LogP contribution < -0.4 is 10.6 Å². The number of nitrogens with zero attached hydrogens (tertiary/aromatic N) is 2. The first-order chi connectivity index (χ1) is 8.61. The number of aryl methyl sites for hydroxylation is 1. The standard InChI is InChI=1S/C13H24N4S/c1-5-14-13(17-8-10(2)3)15-7-6-12-16-9-11(4)18-12/h9-10H,5-8H2,1-4H3,(H2,14,15,17). The van der Waals surface area contributed by atoms with E-state index in [9.17, 15) is 0 Å². The van der Waals surface area contributed by atoms with E-state index in [0.29, 0.717) is 5.92 Å². The van der Waals surface area contributed by atoms with Crippen LogP contribution in [0.25, 0.3) is 0 Å². The lowest BCUT2D eigenvalue weighted by Gasteiger charge is -2.11. The van der Waals surface area contributed by atoms with Crippen molar-refractivity contribution in [2.24, 2.45) is 10.9 Å². The number of rotatable bonds is 6. The van der Waals surface area contributed by atoms with Crippen LogP contribution >= 0.6 is 11.3 Å². The highest BCUT2D eigenvalue weighted by atomic mass is 32.1. The molecule has 1 aromatic heterocycles. The van der Waals surface area contributed by atoms with Crippen LogP contribution in [0.2, 0.25) is 0 Å². The maximum atomic E-state index is 4.53. The van der Waals surface area contributed by atoms with E-state index in [0.717, 1.165) is 32.0 Å². The quantitative estimate of drug-likeness (QED) is 0.614. The third-order valence-electron chi connectivity index (χ3n) is 2.26. The zero-order valence-corrected chi connectivity index (χ0v) is 12.6. The minimum absolute atomic E-state index is 0.585. The minimum Gasteiger partial charge on any atom is -0.357 e. The van der Waals surface area contributed by atoms with Gasteiger partial charge in [-0.1, -0.05) is 13.8 Å². The Bertz CT molecular complexity index is 371. The number of hydrogen-bond acceptors (Lipinski definition) is 3. The first-order valence-corrected chi connectivity index (χ1v) is 7.37. The molecule has 1 aromatic rings. The Labute approximate surface area is 114 Å². The predicted molar refractivity (Wildman–Crippen MR) is 79.4 cm³/mol. The second-order valence-electron chi connectivity index (χ2n) is 4.65. The molecule has 1 heterocycles. The molecule has 0 bridgehead atoms. The second-order valence-corrected chi connectivity index (χ2v) is 5.97. The molecule has 0 spiro atoms. The zero-order chi connectivity index (χ0) is 13.4. The van der Waals surface area contributed by atoms with Crippen LogP contribution in [0.1, 0.15) is 30.7 Å². The lowest BCUT2D eigenvalue weighted by atomic mass is 10.2. The van der Waals surface area contributed by atoms with Crippen LogP contribution in [0.15, 0.2) is 11.2 Å². The molecule has 0 aliphatic rings. The molecule has 0 atom stereocenters. The van der Waals surface area contributed by atoms with Crippen LogP contribution in [0.3, 0.4) is 0 Å². The zero-order valence-electron chi connectivity index (χ0n) is 11.8. The first kappa shape index (κ1) is 15.0. The number of hydrogen-bond donors (Lipinski definition) is 2. The molecule has 0 aromatic carbocycles. The Kier molecular flexibility index (Phi) is 6.72. The summed E-state index contributed by atoms with van der Waals surface area (Å²) in [6.45, 7) is 11.1. The SMILES string of the molecule is CCNC(=NCC(C)C)NCCc1ncc(C)s1. The molecule has 0 saturated heterocycles. The molecule has 2 N–H and O–H groups in total. The van der Waals surface area contributed by atoms with Gasteiger partial charge in [0.15, 0.2) is 5.96 Å². The second kappa shape index (κ2) is 8.08. The van der Waals surface area contributed by atoms with Gasteiger partial charge in [0.1, 0.15) is 0 Å². The highest BCUT2D eigenvalue weighted by Gasteiger charge is 2.01. The Morgan fingerprint density at radius 2 is 2.22 bits per heavy atom. The molecule has 0 unspecified atom stereocenters. The summed E-state index contributed by atoms with van der Waals surface area (Å²) in [5.74, 6) is 1.49. The Morgan fingerprint density at radius 3 is 2.78 bits per heavy atom. The van der Waals surface area contributed by atoms with Crippen LogP contribution in [0.5, 0.6) is 0 Å². The van der Waals surface area contributed by atoms with Gasteiger partial charge < -0.3 is 10.6 Å². The van der Waals surface area contributed by atoms with E-state index >= 15 is 0 Å². The smallest absolute Gasteiger partial charge is 0.191 e. The number of thiazole rings is 1. The van der Waals surface area contributed by atoms with Gasteiger partial charge >= 0.3 is 0 Å². The van der Waals surface area contributed by atoms with Crippen LogP contribution in [0, 0.1) is 12.8 Å². The molecule has 0 amide bonds. The Balaban J connectivity index is 2.35. The molecule has 18 heavy (non-hydrogen) atoms. The molecule has 0 radical (unpaired) electrons. The summed E-state index contributed by atoms with van der Waals surface area (Å²) in [6, 6.07) is 0. The number of guanidine groups is 1. The topological polar surface area (TPSA) is 49.3 Å². The van der Waals surface area contributed by atoms with Gasteiger partial charge in [-0.05, 0) is 19.8 Å². The third-order valence-corrected chi connectivity index (χ3v) is 3.23. The molecule has 0 fully saturated rings. The van der Waals surface area contributed by atoms with E-state index in [1.165, 1.54) is 9.88 Å². The maximum absolute atomic E-state index is 4.53. The monoisotopic (exact) mass is 268 g/mol. The summed E-state index contributed by atoms with van der Waals surface area (Å²) in [6.07, 6.45) is 2.88. The molecular weight excluding hydrogens is 244 g/mol. The average molecular weight is 268 g/mol. The van der Waals surface area contributed by atoms with Crippen molar-refractivity contribution in [3.63, 3.8) is 0 Å². The van der Waals surface area contributed by atoms with Gasteiger partial charge in [-0.25, -0.2) is 4.98 Å². The molecule has 1 rings (SSSR count). The first-order valence-electron chi connectivity index (χ1n) is 6.55. The van der Waals surface area contributed by atoms with Crippen molar-refractivity contribution in [2.45, 2.75) is 34.1 Å². The van der Waals surface area contributed by atoms with Crippen LogP contribution in [0.4, 0.5) is 0 Å². The largest absolute Gasteiger partial charge is 0.357 e. The van der Waals surface area contributed by atoms with E-state index in [2.05, 4.69) is 48.3 Å². The molecule has 4 nitrogen and oxygen atoms in total. The van der Waals surface area contributed by atoms with Crippen LogP contribution in [-0.2, 0) is 6.42 Å². The van der Waals surface area contributed by atoms with E-state index in [1.807, 2.05) is 6.20 Å². The summed E-state index contributed by atoms with van der Waals surface area (Å²) < 4.78 is 0. The van der Waals surface area contributed by atoms with E-state index in [4.69, 9.17) is 0 Å². The summed E-state index contributed by atoms with van der Waals surface area (Å²) >= 11 is 1.76. The van der Waals surface area contributed by atoms with Crippen molar-refractivity contribution in [3.8, 4) is 0 Å². The molecule has 0 saturated carbocycles. The lowest BCUT2D eigenvalue weighted by Crippen LogP contribution is -2.38. The third kappa shape index (κ3) is 6.00. The lowest BCUT2D eigenvalue weighted by molar-refractivity contribution is 0.656. The molecule has 0 aliphatic carbocycles. The highest BCUT2D eigenvalue weighted by Crippen LogP contribution is 2.10. The van der Waals surface area contributed by atoms with Crippen molar-refractivity contribution in [1.82, 2.24) is 15.6 Å². The van der Waals surface area contributed by atoms with Gasteiger partial charge in [0, 0.05) is 37.1 Å². The van der Waals surface area contributed by atoms with Gasteiger partial charge in [0.25, 0.3) is 0 Å². The Morgan fingerprint density at radius 1 is 1.44 bits per heavy atom. The number of nitrogens with one attached hydrogen (secondary N) is 2. The molecular formula is C13H24N4S. The van der Waals surface area contributed by atoms with Gasteiger partial charge in [0.2, 0.25) is 0 Å². The summed E-state index contributed by atoms with van der Waals surface area (Å²) in [7, 11) is 0. The molecule has 0 aliphatic heterocycles. The minimum atomic E-state index is 0.585. The fourth-order valence-corrected chi connectivity index (χ4v) is 2.21. The van der Waals surface area contributed by atoms with Crippen molar-refractivity contribution < 1.29 is 0 Å². The van der Waals surface area contributed by atoms with E-state index in [1.54, 1.807) is 11.3 Å². The Hall–Kier alpha value is -1.10. The fourth-order valence-electron chi connectivity index (χ4n) is 1.42. The summed E-state index contributed by atoms with van der Waals surface area (Å²) in [4.78, 5) is 10.1. The average Bonchev–Trinajstić information content (AvgIpc) is 2.72. The summed E-state index contributed by atoms with van der Waals surface area (Å²) in [5.41, 5.74) is 0.